The molecule has 6 aliphatic rings. The number of rotatable bonds is 29. The molecule has 4 aromatic rings. The fraction of sp³-hybridized carbons (Fsp3) is 0.581. The first-order valence-corrected chi connectivity index (χ1v) is 35.7. The van der Waals surface area contributed by atoms with Crippen LogP contribution in [0.4, 0.5) is 9.59 Å². The number of likely N-dealkylation sites (tertiary alicyclic amines) is 2. The topological polar surface area (TPSA) is 271 Å². The number of nitrogens with zero attached hydrogens (tertiary/aromatic N) is 4. The van der Waals surface area contributed by atoms with Crippen LogP contribution in [-0.4, -0.2) is 202 Å². The van der Waals surface area contributed by atoms with E-state index in [4.69, 9.17) is 86.3 Å². The van der Waals surface area contributed by atoms with Crippen molar-refractivity contribution in [2.45, 2.75) is 123 Å². The summed E-state index contributed by atoms with van der Waals surface area (Å²) in [7, 11) is -7.56. The van der Waals surface area contributed by atoms with Crippen molar-refractivity contribution in [3.05, 3.63) is 115 Å². The molecule has 22 nitrogen and oxygen atoms in total. The highest BCUT2D eigenvalue weighted by molar-refractivity contribution is 7.89. The molecular weight excluding hydrogens is 1280 g/mol. The molecule has 8 atom stereocenters. The fourth-order valence-corrected chi connectivity index (χ4v) is 17.1. The predicted octanol–water partition coefficient (Wildman–Crippen LogP) is 6.91. The van der Waals surface area contributed by atoms with Gasteiger partial charge in [0.15, 0.2) is 0 Å². The standard InChI is InChI=1S/C62H84Cl4N10O12S2/c63-41-31-53-51(55(65)33-41)35-57(73-21-3-5-43(67)37-73)59(53)87-45-7-11-49(12-8-45)89(79,80)75-23-15-47(39-75)85-29-27-83-25-19-71-61(77)69-17-1-2-18-70-62(78)72-20-26-84-28-30-86-48-16-24-76(40-48)90(81,82)50-13-9-46(10-14-50)88-60-54-32-42(64)34-56(66)52(54)36-58(60)74-22-4-6-44(68)38-74/h7-14,31-34,43-44,47-48,57-60H,1-6,15-30,35-40,67-68H2,(H2,69,71,77)(H2,70,72,78)/t43-,44-,47+,48+,57+,58+,59+,60+/m1/s1. The average molecular weight is 1370 g/mol. The number of hydrogen-bond acceptors (Lipinski definition) is 16. The molecule has 8 N–H and O–H groups in total. The third-order valence-electron chi connectivity index (χ3n) is 17.5. The van der Waals surface area contributed by atoms with Gasteiger partial charge in [-0.15, -0.1) is 0 Å². The summed E-state index contributed by atoms with van der Waals surface area (Å²) >= 11 is 26.2. The second kappa shape index (κ2) is 32.2. The Labute approximate surface area is 548 Å². The third-order valence-corrected chi connectivity index (χ3v) is 22.4. The summed E-state index contributed by atoms with van der Waals surface area (Å²) in [5, 5.41) is 13.4. The minimum Gasteiger partial charge on any atom is -0.484 e. The molecule has 2 aliphatic carbocycles. The number of fused-ring (bicyclic) bond motifs is 2. The largest absolute Gasteiger partial charge is 0.484 e. The monoisotopic (exact) mass is 1360 g/mol. The normalized spacial score (nSPS) is 24.2. The van der Waals surface area contributed by atoms with E-state index in [0.717, 1.165) is 74.1 Å². The highest BCUT2D eigenvalue weighted by Crippen LogP contribution is 2.45. The summed E-state index contributed by atoms with van der Waals surface area (Å²) in [6.45, 7) is 7.50. The molecule has 494 valence electrons. The number of sulfonamides is 2. The molecule has 0 radical (unpaired) electrons. The summed E-state index contributed by atoms with van der Waals surface area (Å²) in [6.07, 6.45) is 6.51. The zero-order valence-electron chi connectivity index (χ0n) is 50.5. The van der Waals surface area contributed by atoms with Crippen LogP contribution >= 0.6 is 46.4 Å². The van der Waals surface area contributed by atoms with Gasteiger partial charge < -0.3 is 61.2 Å². The lowest BCUT2D eigenvalue weighted by atomic mass is 10.0. The quantitative estimate of drug-likeness (QED) is 0.0302. The number of urea groups is 2. The molecule has 0 spiro atoms. The summed E-state index contributed by atoms with van der Waals surface area (Å²) in [5.74, 6) is 1.08. The highest BCUT2D eigenvalue weighted by Gasteiger charge is 2.43. The Bertz CT molecular complexity index is 3080. The van der Waals surface area contributed by atoms with Gasteiger partial charge in [0, 0.05) is 109 Å². The maximum absolute atomic E-state index is 13.7. The van der Waals surface area contributed by atoms with Gasteiger partial charge in [-0.3, -0.25) is 9.80 Å². The van der Waals surface area contributed by atoms with Crippen LogP contribution in [0, 0.1) is 0 Å². The molecular formula is C62H84Cl4N10O12S2. The molecule has 0 bridgehead atoms. The van der Waals surface area contributed by atoms with Crippen molar-refractivity contribution in [2.75, 3.05) is 118 Å². The van der Waals surface area contributed by atoms with E-state index in [9.17, 15) is 26.4 Å². The predicted molar refractivity (Wildman–Crippen MR) is 345 cm³/mol. The number of unbranched alkanes of at least 4 members (excludes halogenated alkanes) is 1. The van der Waals surface area contributed by atoms with E-state index in [-0.39, 0.29) is 136 Å². The van der Waals surface area contributed by atoms with E-state index in [2.05, 4.69) is 31.1 Å². The Kier molecular flexibility index (Phi) is 24.5. The molecule has 4 fully saturated rings. The van der Waals surface area contributed by atoms with E-state index >= 15 is 0 Å². The molecule has 4 heterocycles. The van der Waals surface area contributed by atoms with Crippen LogP contribution in [0.3, 0.4) is 0 Å². The number of ether oxygens (including phenoxy) is 6. The van der Waals surface area contributed by atoms with E-state index < -0.39 is 20.0 Å². The number of carbonyl (C=O) groups excluding carboxylic acids is 2. The number of nitrogens with one attached hydrogen (secondary N) is 4. The first kappa shape index (κ1) is 68.5. The lowest BCUT2D eigenvalue weighted by molar-refractivity contribution is 0.0123. The summed E-state index contributed by atoms with van der Waals surface area (Å²) in [4.78, 5) is 29.6. The molecule has 0 unspecified atom stereocenters. The summed E-state index contributed by atoms with van der Waals surface area (Å²) in [6, 6.07) is 19.9. The third kappa shape index (κ3) is 17.9. The zero-order valence-corrected chi connectivity index (χ0v) is 55.2. The summed E-state index contributed by atoms with van der Waals surface area (Å²) in [5.41, 5.74) is 16.6. The van der Waals surface area contributed by atoms with Gasteiger partial charge in [0.2, 0.25) is 20.0 Å². The highest BCUT2D eigenvalue weighted by atomic mass is 35.5. The molecule has 4 amide bonds. The summed E-state index contributed by atoms with van der Waals surface area (Å²) < 4.78 is 94.0. The average Bonchev–Trinajstić information content (AvgIpc) is 1.73. The maximum atomic E-state index is 13.7. The Morgan fingerprint density at radius 2 is 0.900 bits per heavy atom. The van der Waals surface area contributed by atoms with Crippen molar-refractivity contribution in [3.8, 4) is 11.5 Å². The molecule has 10 rings (SSSR count). The van der Waals surface area contributed by atoms with Gasteiger partial charge in [-0.2, -0.15) is 8.61 Å². The van der Waals surface area contributed by atoms with Gasteiger partial charge >= 0.3 is 12.1 Å². The fourth-order valence-electron chi connectivity index (χ4n) is 12.9. The second-order valence-corrected chi connectivity index (χ2v) is 29.4. The Balaban J connectivity index is 0.520. The molecule has 4 saturated heterocycles. The lowest BCUT2D eigenvalue weighted by Gasteiger charge is -2.38. The van der Waals surface area contributed by atoms with Crippen molar-refractivity contribution >= 4 is 78.5 Å². The number of nitrogens with two attached hydrogens (primary N) is 2. The van der Waals surface area contributed by atoms with E-state index in [1.54, 1.807) is 60.7 Å². The van der Waals surface area contributed by atoms with Gasteiger partial charge in [-0.05, 0) is 161 Å². The number of amides is 4. The zero-order chi connectivity index (χ0) is 63.4. The van der Waals surface area contributed by atoms with E-state index in [0.29, 0.717) is 96.3 Å². The van der Waals surface area contributed by atoms with Gasteiger partial charge in [-0.1, -0.05) is 46.4 Å². The lowest BCUT2D eigenvalue weighted by Crippen LogP contribution is -2.49. The molecule has 0 aromatic heterocycles. The van der Waals surface area contributed by atoms with Crippen LogP contribution in [-0.2, 0) is 51.8 Å². The van der Waals surface area contributed by atoms with Gasteiger partial charge in [0.25, 0.3) is 0 Å². The van der Waals surface area contributed by atoms with Crippen molar-refractivity contribution in [1.82, 2.24) is 39.7 Å². The van der Waals surface area contributed by atoms with E-state index in [1.165, 1.54) is 8.61 Å². The first-order chi connectivity index (χ1) is 43.4. The van der Waals surface area contributed by atoms with Gasteiger partial charge in [-0.25, -0.2) is 26.4 Å². The smallest absolute Gasteiger partial charge is 0.314 e. The van der Waals surface area contributed by atoms with Crippen LogP contribution in [0.5, 0.6) is 11.5 Å². The molecule has 90 heavy (non-hydrogen) atoms. The van der Waals surface area contributed by atoms with Crippen molar-refractivity contribution in [1.29, 1.82) is 0 Å². The minimum absolute atomic E-state index is 0.00922. The molecule has 0 saturated carbocycles. The van der Waals surface area contributed by atoms with Crippen LogP contribution in [0.1, 0.15) is 85.8 Å². The van der Waals surface area contributed by atoms with Crippen LogP contribution in [0.2, 0.25) is 20.1 Å². The number of carbonyl (C=O) groups is 2. The maximum Gasteiger partial charge on any atom is 0.314 e. The number of piperidine rings is 2. The molecule has 4 aliphatic heterocycles. The SMILES string of the molecule is N[C@@H]1CCCN([C@H]2Cc3c(Cl)cc(Cl)cc3[C@@H]2Oc2ccc(S(=O)(=O)N3CC[C@H](OCCOCCNC(=O)NCCCCNC(=O)NCCOCCO[C@H]4CCN(S(=O)(=O)c5ccc(O[C@H]6c7cc(Cl)cc(Cl)c7C[C@@H]6N6CCC[C@@H](N)C6)cc5)C4)C3)cc2)C1. The number of hydrogen-bond donors (Lipinski definition) is 6. The van der Waals surface area contributed by atoms with E-state index in [1.807, 2.05) is 12.1 Å². The van der Waals surface area contributed by atoms with Crippen molar-refractivity contribution in [3.63, 3.8) is 0 Å². The number of benzene rings is 4. The Morgan fingerprint density at radius 3 is 1.30 bits per heavy atom. The second-order valence-electron chi connectivity index (χ2n) is 23.9. The van der Waals surface area contributed by atoms with Crippen LogP contribution in [0.15, 0.2) is 82.6 Å². The van der Waals surface area contributed by atoms with Crippen LogP contribution < -0.4 is 42.2 Å². The minimum atomic E-state index is -3.78. The Morgan fingerprint density at radius 1 is 0.500 bits per heavy atom. The Hall–Kier alpha value is -4.32. The molecule has 4 aromatic carbocycles. The van der Waals surface area contributed by atoms with Crippen molar-refractivity contribution in [2.24, 2.45) is 11.5 Å². The van der Waals surface area contributed by atoms with Crippen LogP contribution in [0.25, 0.3) is 0 Å². The first-order valence-electron chi connectivity index (χ1n) is 31.3. The molecule has 28 heteroatoms. The van der Waals surface area contributed by atoms with Gasteiger partial charge in [0.05, 0.1) is 73.7 Å². The van der Waals surface area contributed by atoms with Gasteiger partial charge in [0.1, 0.15) is 23.7 Å². The number of halogens is 4. The van der Waals surface area contributed by atoms with Crippen molar-refractivity contribution < 1.29 is 54.8 Å².